The molecule has 2 saturated heterocycles. The van der Waals surface area contributed by atoms with E-state index in [0.717, 1.165) is 37.8 Å². The number of aromatic nitrogens is 1. The minimum atomic E-state index is -0.141. The van der Waals surface area contributed by atoms with Crippen LogP contribution in [0.25, 0.3) is 0 Å². The first-order valence-electron chi connectivity index (χ1n) is 12.1. The summed E-state index contributed by atoms with van der Waals surface area (Å²) in [5.74, 6) is 3.18. The molecular formula is C24H36N4O2S. The largest absolute Gasteiger partial charge is 0.338 e. The Morgan fingerprint density at radius 3 is 2.84 bits per heavy atom. The first-order chi connectivity index (χ1) is 14.8. The maximum atomic E-state index is 12.4. The number of piperidine rings is 2. The van der Waals surface area contributed by atoms with E-state index in [0.29, 0.717) is 28.2 Å². The molecule has 0 radical (unpaired) electrons. The molecule has 2 amide bonds. The molecule has 31 heavy (non-hydrogen) atoms. The molecule has 1 aromatic heterocycles. The number of urea groups is 1. The number of rotatable bonds is 3. The molecule has 3 heterocycles. The lowest BCUT2D eigenvalue weighted by Gasteiger charge is -2.62. The van der Waals surface area contributed by atoms with Gasteiger partial charge in [-0.3, -0.25) is 15.0 Å². The molecule has 0 spiro atoms. The molecule has 2 aliphatic carbocycles. The second kappa shape index (κ2) is 7.84. The van der Waals surface area contributed by atoms with Gasteiger partial charge in [-0.15, -0.1) is 11.3 Å². The van der Waals surface area contributed by atoms with Crippen LogP contribution in [0.2, 0.25) is 0 Å². The van der Waals surface area contributed by atoms with E-state index in [2.05, 4.69) is 41.3 Å². The van der Waals surface area contributed by atoms with Crippen molar-refractivity contribution in [2.45, 2.75) is 77.3 Å². The fraction of sp³-hybridized carbons (Fsp3) is 0.792. The van der Waals surface area contributed by atoms with Gasteiger partial charge in [0.1, 0.15) is 5.78 Å². The average Bonchev–Trinajstić information content (AvgIpc) is 3.36. The second-order valence-electron chi connectivity index (χ2n) is 10.8. The van der Waals surface area contributed by atoms with Gasteiger partial charge in [0, 0.05) is 30.1 Å². The van der Waals surface area contributed by atoms with Crippen molar-refractivity contribution in [1.29, 1.82) is 0 Å². The zero-order valence-electron chi connectivity index (χ0n) is 19.0. The number of nitrogens with zero attached hydrogens (tertiary/aromatic N) is 2. The quantitative estimate of drug-likeness (QED) is 0.718. The van der Waals surface area contributed by atoms with Gasteiger partial charge in [-0.05, 0) is 88.0 Å². The van der Waals surface area contributed by atoms with Crippen molar-refractivity contribution in [3.05, 3.63) is 11.6 Å². The van der Waals surface area contributed by atoms with E-state index in [9.17, 15) is 9.59 Å². The number of carbonyl (C=O) groups excluding carboxylic acids is 2. The van der Waals surface area contributed by atoms with Crippen LogP contribution in [0.5, 0.6) is 0 Å². The van der Waals surface area contributed by atoms with Gasteiger partial charge in [0.15, 0.2) is 5.13 Å². The number of fused-ring (bicyclic) bond motifs is 5. The van der Waals surface area contributed by atoms with Crippen molar-refractivity contribution >= 4 is 28.3 Å². The standard InChI is InChI=1S/C24H36N4O2S/c1-15-20(29)7-10-24(3)19-6-9-23(2)16(4-5-18(23)17(19)8-12-28(15)24)14-26-21(30)27-22-25-11-13-31-22/h11,13,15-19H,4-10,12,14H2,1-3H3,(H2,25,26,27,30)/t15?,16?,17-,18-,19+,23+,24+/m0/s1. The lowest BCUT2D eigenvalue weighted by Crippen LogP contribution is -2.67. The Kier molecular flexibility index (Phi) is 5.40. The van der Waals surface area contributed by atoms with Gasteiger partial charge in [0.05, 0.1) is 6.04 Å². The van der Waals surface area contributed by atoms with Crippen LogP contribution in [0, 0.1) is 29.1 Å². The van der Waals surface area contributed by atoms with E-state index in [1.54, 1.807) is 6.20 Å². The van der Waals surface area contributed by atoms with Crippen LogP contribution < -0.4 is 10.6 Å². The topological polar surface area (TPSA) is 74.3 Å². The monoisotopic (exact) mass is 444 g/mol. The van der Waals surface area contributed by atoms with Crippen LogP contribution in [-0.4, -0.2) is 46.4 Å². The second-order valence-corrected chi connectivity index (χ2v) is 11.7. The van der Waals surface area contributed by atoms with E-state index in [-0.39, 0.29) is 17.6 Å². The summed E-state index contributed by atoms with van der Waals surface area (Å²) in [6, 6.07) is -0.0535. The van der Waals surface area contributed by atoms with E-state index in [1.807, 2.05) is 5.38 Å². The Morgan fingerprint density at radius 2 is 2.06 bits per heavy atom. The molecule has 0 bridgehead atoms. The van der Waals surface area contributed by atoms with Crippen LogP contribution in [0.15, 0.2) is 11.6 Å². The highest BCUT2D eigenvalue weighted by atomic mass is 32.1. The van der Waals surface area contributed by atoms with Crippen LogP contribution in [0.3, 0.4) is 0 Å². The molecule has 2 aliphatic heterocycles. The van der Waals surface area contributed by atoms with Gasteiger partial charge >= 0.3 is 6.03 Å². The Labute approximate surface area is 189 Å². The summed E-state index contributed by atoms with van der Waals surface area (Å²) in [6.45, 7) is 8.88. The SMILES string of the molecule is CC1C(=O)CC[C@]2(C)[C@@H]3CC[C@]4(C)C(CNC(=O)Nc5nccs5)CC[C@H]4[C@@H]3CCN12. The van der Waals surface area contributed by atoms with Crippen molar-refractivity contribution < 1.29 is 9.59 Å². The van der Waals surface area contributed by atoms with Crippen molar-refractivity contribution in [2.75, 3.05) is 18.4 Å². The third-order valence-corrected chi connectivity index (χ3v) is 10.5. The van der Waals surface area contributed by atoms with Crippen molar-refractivity contribution in [3.63, 3.8) is 0 Å². The maximum absolute atomic E-state index is 12.4. The lowest BCUT2D eigenvalue weighted by atomic mass is 9.51. The van der Waals surface area contributed by atoms with Crippen molar-refractivity contribution in [3.8, 4) is 0 Å². The Morgan fingerprint density at radius 1 is 1.23 bits per heavy atom. The molecule has 7 heteroatoms. The van der Waals surface area contributed by atoms with Crippen molar-refractivity contribution in [1.82, 2.24) is 15.2 Å². The van der Waals surface area contributed by atoms with Gasteiger partial charge in [0.2, 0.25) is 0 Å². The molecule has 2 unspecified atom stereocenters. The summed E-state index contributed by atoms with van der Waals surface area (Å²) in [5, 5.41) is 8.48. The fourth-order valence-electron chi connectivity index (χ4n) is 8.03. The summed E-state index contributed by atoms with van der Waals surface area (Å²) in [6.07, 6.45) is 9.69. The highest BCUT2D eigenvalue weighted by Gasteiger charge is 2.60. The molecule has 1 aromatic rings. The first-order valence-corrected chi connectivity index (χ1v) is 12.9. The molecule has 2 saturated carbocycles. The highest BCUT2D eigenvalue weighted by molar-refractivity contribution is 7.13. The fourth-order valence-corrected chi connectivity index (χ4v) is 8.55. The van der Waals surface area contributed by atoms with Gasteiger partial charge < -0.3 is 5.32 Å². The smallest absolute Gasteiger partial charge is 0.321 e. The van der Waals surface area contributed by atoms with Crippen LogP contribution >= 0.6 is 11.3 Å². The minimum absolute atomic E-state index is 0.0879. The van der Waals surface area contributed by atoms with Crippen LogP contribution in [0.1, 0.15) is 65.7 Å². The minimum Gasteiger partial charge on any atom is -0.338 e. The predicted molar refractivity (Wildman–Crippen MR) is 123 cm³/mol. The molecular weight excluding hydrogens is 408 g/mol. The summed E-state index contributed by atoms with van der Waals surface area (Å²) in [7, 11) is 0. The number of Topliss-reactive ketones (excluding diaryl/α,β-unsaturated/α-hetero) is 1. The third-order valence-electron chi connectivity index (χ3n) is 9.76. The van der Waals surface area contributed by atoms with E-state index in [4.69, 9.17) is 0 Å². The zero-order valence-corrected chi connectivity index (χ0v) is 19.8. The number of carbonyl (C=O) groups is 2. The molecule has 0 aromatic carbocycles. The molecule has 4 aliphatic rings. The predicted octanol–water partition coefficient (Wildman–Crippen LogP) is 4.54. The Bertz CT molecular complexity index is 845. The molecule has 5 rings (SSSR count). The van der Waals surface area contributed by atoms with E-state index >= 15 is 0 Å². The number of hydrogen-bond acceptors (Lipinski definition) is 5. The molecule has 6 nitrogen and oxygen atoms in total. The molecule has 170 valence electrons. The summed E-state index contributed by atoms with van der Waals surface area (Å²) < 4.78 is 0. The van der Waals surface area contributed by atoms with Crippen LogP contribution in [0.4, 0.5) is 9.93 Å². The zero-order chi connectivity index (χ0) is 21.8. The molecule has 7 atom stereocenters. The number of thiazole rings is 1. The number of hydrogen-bond donors (Lipinski definition) is 2. The molecule has 4 fully saturated rings. The summed E-state index contributed by atoms with van der Waals surface area (Å²) in [5.41, 5.74) is 0.492. The Balaban J connectivity index is 1.26. The van der Waals surface area contributed by atoms with E-state index in [1.165, 1.54) is 43.4 Å². The third kappa shape index (κ3) is 3.43. The summed E-state index contributed by atoms with van der Waals surface area (Å²) >= 11 is 1.44. The maximum Gasteiger partial charge on any atom is 0.321 e. The number of ketones is 1. The van der Waals surface area contributed by atoms with Gasteiger partial charge in [-0.2, -0.15) is 0 Å². The van der Waals surface area contributed by atoms with Crippen LogP contribution in [-0.2, 0) is 4.79 Å². The van der Waals surface area contributed by atoms with E-state index < -0.39 is 0 Å². The van der Waals surface area contributed by atoms with Crippen molar-refractivity contribution in [2.24, 2.45) is 29.1 Å². The highest BCUT2D eigenvalue weighted by Crippen LogP contribution is 2.63. The number of nitrogens with one attached hydrogen (secondary N) is 2. The lowest BCUT2D eigenvalue weighted by molar-refractivity contribution is -0.153. The molecule has 2 N–H and O–H groups in total. The number of amides is 2. The average molecular weight is 445 g/mol. The van der Waals surface area contributed by atoms with Gasteiger partial charge in [0.25, 0.3) is 0 Å². The summed E-state index contributed by atoms with van der Waals surface area (Å²) in [4.78, 5) is 31.4. The van der Waals surface area contributed by atoms with Gasteiger partial charge in [-0.1, -0.05) is 6.92 Å². The van der Waals surface area contributed by atoms with Gasteiger partial charge in [-0.25, -0.2) is 9.78 Å². The number of anilines is 1. The Hall–Kier alpha value is -1.47. The normalized spacial score (nSPS) is 42.4. The first kappa shape index (κ1) is 21.4.